The molecule has 2 atom stereocenters. The predicted molar refractivity (Wildman–Crippen MR) is 161 cm³/mol. The summed E-state index contributed by atoms with van der Waals surface area (Å²) in [6, 6.07) is 14.8. The van der Waals surface area contributed by atoms with Crippen LogP contribution in [0.5, 0.6) is 0 Å². The third kappa shape index (κ3) is 5.73. The first kappa shape index (κ1) is 29.2. The molecule has 0 aliphatic carbocycles. The number of carbonyl (C=O) groups excluding carboxylic acids is 3. The summed E-state index contributed by atoms with van der Waals surface area (Å²) in [4.78, 5) is 50.6. The second kappa shape index (κ2) is 12.3. The van der Waals surface area contributed by atoms with Crippen molar-refractivity contribution in [2.24, 2.45) is 5.73 Å². The van der Waals surface area contributed by atoms with E-state index in [1.54, 1.807) is 6.20 Å². The number of rotatable bonds is 8. The van der Waals surface area contributed by atoms with Crippen molar-refractivity contribution in [1.29, 1.82) is 0 Å². The van der Waals surface area contributed by atoms with E-state index in [9.17, 15) is 14.4 Å². The van der Waals surface area contributed by atoms with Crippen LogP contribution in [0.15, 0.2) is 54.7 Å². The van der Waals surface area contributed by atoms with Gasteiger partial charge in [-0.15, -0.1) is 0 Å². The molecule has 2 saturated heterocycles. The summed E-state index contributed by atoms with van der Waals surface area (Å²) in [6.45, 7) is 8.45. The number of Topliss-reactive ketones (excluding diaryl/α,β-unsaturated/α-hetero) is 1. The van der Waals surface area contributed by atoms with E-state index in [1.165, 1.54) is 38.0 Å². The predicted octanol–water partition coefficient (Wildman–Crippen LogP) is 4.11. The molecule has 3 aromatic rings. The van der Waals surface area contributed by atoms with Gasteiger partial charge in [-0.3, -0.25) is 24.2 Å². The number of fused-ring (bicyclic) bond motifs is 1. The third-order valence-corrected chi connectivity index (χ3v) is 9.29. The SMILES string of the molecule is CC(=O)N(Cc1ccccc1C)C(=O)C(N1CCC(N2CCCCC2)CC1)C(N)(C(C)=O)c1c[nH]c2ccccc12. The van der Waals surface area contributed by atoms with Crippen LogP contribution in [-0.2, 0) is 26.5 Å². The Morgan fingerprint density at radius 2 is 1.63 bits per heavy atom. The van der Waals surface area contributed by atoms with Crippen molar-refractivity contribution in [3.63, 3.8) is 0 Å². The standard InChI is InChI=1S/C33H43N5O3/c1-23-11-5-6-12-26(23)22-38(25(3)40)32(41)31(37-19-15-27(16-20-37)36-17-9-4-10-18-36)33(34,24(2)39)29-21-35-30-14-8-7-13-28(29)30/h5-8,11-14,21,27,31,35H,4,9-10,15-20,22,34H2,1-3H3. The Bertz CT molecular complexity index is 1400. The van der Waals surface area contributed by atoms with E-state index in [1.807, 2.05) is 55.5 Å². The number of hydrogen-bond donors (Lipinski definition) is 2. The molecule has 3 heterocycles. The highest BCUT2D eigenvalue weighted by molar-refractivity contribution is 6.04. The van der Waals surface area contributed by atoms with Crippen LogP contribution in [0.4, 0.5) is 0 Å². The Morgan fingerprint density at radius 3 is 2.29 bits per heavy atom. The third-order valence-electron chi connectivity index (χ3n) is 9.29. The maximum Gasteiger partial charge on any atom is 0.249 e. The van der Waals surface area contributed by atoms with E-state index in [0.717, 1.165) is 48.0 Å². The van der Waals surface area contributed by atoms with Crippen molar-refractivity contribution in [3.8, 4) is 0 Å². The molecule has 218 valence electrons. The van der Waals surface area contributed by atoms with Crippen LogP contribution in [0, 0.1) is 6.92 Å². The molecule has 0 saturated carbocycles. The fourth-order valence-corrected chi connectivity index (χ4v) is 6.82. The Hall–Kier alpha value is -3.33. The van der Waals surface area contributed by atoms with Crippen molar-refractivity contribution >= 4 is 28.5 Å². The lowest BCUT2D eigenvalue weighted by atomic mass is 9.77. The number of carbonyl (C=O) groups is 3. The molecule has 2 aromatic carbocycles. The van der Waals surface area contributed by atoms with Gasteiger partial charge in [0.15, 0.2) is 5.78 Å². The van der Waals surface area contributed by atoms with Gasteiger partial charge in [-0.1, -0.05) is 48.9 Å². The lowest BCUT2D eigenvalue weighted by Crippen LogP contribution is -2.67. The number of nitrogens with zero attached hydrogens (tertiary/aromatic N) is 3. The van der Waals surface area contributed by atoms with Gasteiger partial charge in [-0.05, 0) is 69.8 Å². The topological polar surface area (TPSA) is 103 Å². The number of imide groups is 1. The number of ketones is 1. The van der Waals surface area contributed by atoms with Gasteiger partial charge < -0.3 is 15.6 Å². The maximum atomic E-state index is 14.7. The average Bonchev–Trinajstić information content (AvgIpc) is 3.42. The summed E-state index contributed by atoms with van der Waals surface area (Å²) >= 11 is 0. The zero-order valence-corrected chi connectivity index (χ0v) is 24.6. The van der Waals surface area contributed by atoms with Crippen LogP contribution >= 0.6 is 0 Å². The fraction of sp³-hybridized carbons (Fsp3) is 0.485. The van der Waals surface area contributed by atoms with Crippen molar-refractivity contribution in [1.82, 2.24) is 19.7 Å². The van der Waals surface area contributed by atoms with E-state index in [0.29, 0.717) is 24.7 Å². The summed E-state index contributed by atoms with van der Waals surface area (Å²) in [5.41, 5.74) is 8.85. The van der Waals surface area contributed by atoms with Crippen LogP contribution in [-0.4, -0.2) is 75.5 Å². The minimum Gasteiger partial charge on any atom is -0.361 e. The van der Waals surface area contributed by atoms with E-state index in [2.05, 4.69) is 14.8 Å². The number of amides is 2. The van der Waals surface area contributed by atoms with E-state index in [4.69, 9.17) is 5.73 Å². The molecule has 2 unspecified atom stereocenters. The lowest BCUT2D eigenvalue weighted by molar-refractivity contribution is -0.153. The zero-order chi connectivity index (χ0) is 29.1. The van der Waals surface area contributed by atoms with E-state index >= 15 is 0 Å². The Kier molecular flexibility index (Phi) is 8.73. The van der Waals surface area contributed by atoms with Crippen LogP contribution in [0.3, 0.4) is 0 Å². The number of likely N-dealkylation sites (tertiary alicyclic amines) is 2. The molecule has 0 bridgehead atoms. The molecule has 2 aliphatic heterocycles. The second-order valence-electron chi connectivity index (χ2n) is 11.8. The first-order valence-corrected chi connectivity index (χ1v) is 14.9. The maximum absolute atomic E-state index is 14.7. The number of H-pyrrole nitrogens is 1. The number of aromatic amines is 1. The number of hydrogen-bond acceptors (Lipinski definition) is 6. The monoisotopic (exact) mass is 557 g/mol. The molecule has 3 N–H and O–H groups in total. The number of nitrogens with one attached hydrogen (secondary N) is 1. The molecule has 2 amide bonds. The van der Waals surface area contributed by atoms with Gasteiger partial charge in [0.25, 0.3) is 0 Å². The number of aromatic nitrogens is 1. The molecule has 0 spiro atoms. The Labute approximate surface area is 242 Å². The minimum absolute atomic E-state index is 0.128. The molecule has 1 aromatic heterocycles. The van der Waals surface area contributed by atoms with Crippen LogP contribution in [0.25, 0.3) is 10.9 Å². The Balaban J connectivity index is 1.55. The van der Waals surface area contributed by atoms with Crippen molar-refractivity contribution in [3.05, 3.63) is 71.4 Å². The lowest BCUT2D eigenvalue weighted by Gasteiger charge is -2.47. The van der Waals surface area contributed by atoms with Gasteiger partial charge in [0.2, 0.25) is 11.8 Å². The summed E-state index contributed by atoms with van der Waals surface area (Å²) < 4.78 is 0. The summed E-state index contributed by atoms with van der Waals surface area (Å²) in [5.74, 6) is -1.10. The fourth-order valence-electron chi connectivity index (χ4n) is 6.82. The average molecular weight is 558 g/mol. The van der Waals surface area contributed by atoms with E-state index in [-0.39, 0.29) is 18.2 Å². The summed E-state index contributed by atoms with van der Waals surface area (Å²) in [7, 11) is 0. The molecule has 5 rings (SSSR count). The van der Waals surface area contributed by atoms with Gasteiger partial charge in [-0.25, -0.2) is 0 Å². The normalized spacial score (nSPS) is 19.5. The molecular weight excluding hydrogens is 514 g/mol. The molecular formula is C33H43N5O3. The smallest absolute Gasteiger partial charge is 0.249 e. The molecule has 41 heavy (non-hydrogen) atoms. The van der Waals surface area contributed by atoms with Gasteiger partial charge >= 0.3 is 0 Å². The van der Waals surface area contributed by atoms with Gasteiger partial charge in [-0.2, -0.15) is 0 Å². The number of para-hydroxylation sites is 1. The second-order valence-corrected chi connectivity index (χ2v) is 11.8. The molecule has 2 fully saturated rings. The quantitative estimate of drug-likeness (QED) is 0.432. The minimum atomic E-state index is -1.66. The highest BCUT2D eigenvalue weighted by Gasteiger charge is 2.52. The first-order valence-electron chi connectivity index (χ1n) is 14.9. The highest BCUT2D eigenvalue weighted by Crippen LogP contribution is 2.36. The molecule has 8 heteroatoms. The van der Waals surface area contributed by atoms with Crippen LogP contribution in [0.2, 0.25) is 0 Å². The van der Waals surface area contributed by atoms with Gasteiger partial charge in [0, 0.05) is 48.7 Å². The number of nitrogens with two attached hydrogens (primary N) is 1. The first-order chi connectivity index (χ1) is 19.7. The summed E-state index contributed by atoms with van der Waals surface area (Å²) in [5, 5.41) is 0.805. The van der Waals surface area contributed by atoms with Crippen molar-refractivity contribution in [2.75, 3.05) is 26.2 Å². The van der Waals surface area contributed by atoms with Crippen LogP contribution < -0.4 is 5.73 Å². The van der Waals surface area contributed by atoms with Crippen LogP contribution in [0.1, 0.15) is 62.6 Å². The number of benzene rings is 2. The number of piperidine rings is 2. The largest absolute Gasteiger partial charge is 0.361 e. The van der Waals surface area contributed by atoms with E-state index < -0.39 is 17.5 Å². The molecule has 8 nitrogen and oxygen atoms in total. The highest BCUT2D eigenvalue weighted by atomic mass is 16.2. The molecule has 0 radical (unpaired) electrons. The zero-order valence-electron chi connectivity index (χ0n) is 24.6. The van der Waals surface area contributed by atoms with Crippen molar-refractivity contribution < 1.29 is 14.4 Å². The van der Waals surface area contributed by atoms with Gasteiger partial charge in [0.1, 0.15) is 11.6 Å². The Morgan fingerprint density at radius 1 is 0.976 bits per heavy atom. The van der Waals surface area contributed by atoms with Gasteiger partial charge in [0.05, 0.1) is 6.54 Å². The molecule has 2 aliphatic rings. The summed E-state index contributed by atoms with van der Waals surface area (Å²) in [6.07, 6.45) is 7.28. The van der Waals surface area contributed by atoms with Crippen molar-refractivity contribution in [2.45, 2.75) is 77.0 Å². The number of aryl methyl sites for hydroxylation is 1.